The number of fused-ring (bicyclic) bond motifs is 1. The van der Waals surface area contributed by atoms with Crippen molar-refractivity contribution >= 4 is 0 Å². The molecule has 3 heteroatoms. The lowest BCUT2D eigenvalue weighted by atomic mass is 10.3. The van der Waals surface area contributed by atoms with Gasteiger partial charge in [-0.25, -0.2) is 0 Å². The standard InChI is InChI=1S/C5H9NO2/c1-4-5(2-6-1)8-3-7-4/h4-6H,1-3H2. The first-order chi connectivity index (χ1) is 3.97. The molecular weight excluding hydrogens is 106 g/mol. The Bertz CT molecular complexity index is 76.4. The summed E-state index contributed by atoms with van der Waals surface area (Å²) < 4.78 is 10.4. The maximum atomic E-state index is 5.19. The Balaban J connectivity index is 2.04. The highest BCUT2D eigenvalue weighted by molar-refractivity contribution is 4.84. The number of rotatable bonds is 0. The molecule has 0 amide bonds. The van der Waals surface area contributed by atoms with Crippen LogP contribution in [0.3, 0.4) is 0 Å². The Morgan fingerprint density at radius 3 is 2.38 bits per heavy atom. The fourth-order valence-electron chi connectivity index (χ4n) is 1.18. The van der Waals surface area contributed by atoms with Crippen molar-refractivity contribution in [2.75, 3.05) is 19.9 Å². The third kappa shape index (κ3) is 0.555. The van der Waals surface area contributed by atoms with Gasteiger partial charge in [-0.1, -0.05) is 0 Å². The van der Waals surface area contributed by atoms with Gasteiger partial charge in [0, 0.05) is 13.1 Å². The maximum absolute atomic E-state index is 5.19. The fourth-order valence-corrected chi connectivity index (χ4v) is 1.18. The lowest BCUT2D eigenvalue weighted by Crippen LogP contribution is -2.18. The van der Waals surface area contributed by atoms with Gasteiger partial charge in [-0.3, -0.25) is 0 Å². The van der Waals surface area contributed by atoms with Crippen molar-refractivity contribution in [3.8, 4) is 0 Å². The van der Waals surface area contributed by atoms with Gasteiger partial charge in [-0.05, 0) is 0 Å². The molecule has 0 saturated carbocycles. The second kappa shape index (κ2) is 1.69. The highest BCUT2D eigenvalue weighted by Gasteiger charge is 2.33. The van der Waals surface area contributed by atoms with Crippen LogP contribution >= 0.6 is 0 Å². The van der Waals surface area contributed by atoms with E-state index in [0.717, 1.165) is 13.1 Å². The zero-order chi connectivity index (χ0) is 5.40. The Morgan fingerprint density at radius 2 is 1.75 bits per heavy atom. The molecule has 0 bridgehead atoms. The summed E-state index contributed by atoms with van der Waals surface area (Å²) in [5, 5.41) is 3.17. The third-order valence-electron chi connectivity index (χ3n) is 1.67. The quantitative estimate of drug-likeness (QED) is 0.454. The predicted octanol–water partition coefficient (Wildman–Crippen LogP) is -0.669. The second-order valence-electron chi connectivity index (χ2n) is 2.19. The maximum Gasteiger partial charge on any atom is 0.147 e. The summed E-state index contributed by atoms with van der Waals surface area (Å²) >= 11 is 0. The average Bonchev–Trinajstić information content (AvgIpc) is 2.15. The van der Waals surface area contributed by atoms with Crippen LogP contribution in [0.1, 0.15) is 0 Å². The van der Waals surface area contributed by atoms with Gasteiger partial charge < -0.3 is 14.8 Å². The van der Waals surface area contributed by atoms with Gasteiger partial charge in [-0.15, -0.1) is 0 Å². The molecule has 1 N–H and O–H groups in total. The predicted molar refractivity (Wildman–Crippen MR) is 27.5 cm³/mol. The van der Waals surface area contributed by atoms with E-state index in [2.05, 4.69) is 5.32 Å². The van der Waals surface area contributed by atoms with Crippen LogP contribution < -0.4 is 5.32 Å². The number of hydrogen-bond acceptors (Lipinski definition) is 3. The average molecular weight is 115 g/mol. The molecule has 2 aliphatic heterocycles. The Labute approximate surface area is 48.0 Å². The summed E-state index contributed by atoms with van der Waals surface area (Å²) in [7, 11) is 0. The van der Waals surface area contributed by atoms with Crippen molar-refractivity contribution in [3.05, 3.63) is 0 Å². The second-order valence-corrected chi connectivity index (χ2v) is 2.19. The van der Waals surface area contributed by atoms with Crippen LogP contribution in [-0.2, 0) is 9.47 Å². The van der Waals surface area contributed by atoms with Gasteiger partial charge in [0.05, 0.1) is 0 Å². The first-order valence-electron chi connectivity index (χ1n) is 2.91. The summed E-state index contributed by atoms with van der Waals surface area (Å²) in [6.07, 6.45) is 0.685. The molecule has 2 aliphatic rings. The SMILES string of the molecule is C1OC2CNCC2O1. The first kappa shape index (κ1) is 4.73. The van der Waals surface area contributed by atoms with Crippen LogP contribution in [0.25, 0.3) is 0 Å². The number of ether oxygens (including phenoxy) is 2. The Kier molecular flexibility index (Phi) is 0.997. The summed E-state index contributed by atoms with van der Waals surface area (Å²) in [5.74, 6) is 0. The van der Waals surface area contributed by atoms with Crippen LogP contribution in [0.5, 0.6) is 0 Å². The van der Waals surface area contributed by atoms with E-state index in [0.29, 0.717) is 19.0 Å². The van der Waals surface area contributed by atoms with Crippen molar-refractivity contribution in [2.45, 2.75) is 12.2 Å². The minimum atomic E-state index is 0.343. The van der Waals surface area contributed by atoms with Crippen LogP contribution in [-0.4, -0.2) is 32.1 Å². The molecule has 2 fully saturated rings. The monoisotopic (exact) mass is 115 g/mol. The van der Waals surface area contributed by atoms with E-state index in [4.69, 9.17) is 9.47 Å². The molecule has 2 saturated heterocycles. The summed E-state index contributed by atoms with van der Waals surface area (Å²) in [4.78, 5) is 0. The van der Waals surface area contributed by atoms with Gasteiger partial charge in [0.1, 0.15) is 19.0 Å². The lowest BCUT2D eigenvalue weighted by molar-refractivity contribution is 0.0324. The van der Waals surface area contributed by atoms with E-state index in [9.17, 15) is 0 Å². The summed E-state index contributed by atoms with van der Waals surface area (Å²) in [6.45, 7) is 2.42. The van der Waals surface area contributed by atoms with Crippen LogP contribution in [0.2, 0.25) is 0 Å². The molecule has 0 spiro atoms. The molecule has 2 unspecified atom stereocenters. The van der Waals surface area contributed by atoms with Crippen molar-refractivity contribution in [2.24, 2.45) is 0 Å². The molecule has 0 aromatic heterocycles. The largest absolute Gasteiger partial charge is 0.348 e. The third-order valence-corrected chi connectivity index (χ3v) is 1.67. The molecule has 3 nitrogen and oxygen atoms in total. The van der Waals surface area contributed by atoms with Gasteiger partial charge in [0.15, 0.2) is 0 Å². The van der Waals surface area contributed by atoms with Crippen molar-refractivity contribution in [1.29, 1.82) is 0 Å². The molecule has 46 valence electrons. The highest BCUT2D eigenvalue weighted by Crippen LogP contribution is 2.15. The van der Waals surface area contributed by atoms with Gasteiger partial charge in [0.2, 0.25) is 0 Å². The van der Waals surface area contributed by atoms with Crippen molar-refractivity contribution in [1.82, 2.24) is 5.32 Å². The highest BCUT2D eigenvalue weighted by atomic mass is 16.7. The van der Waals surface area contributed by atoms with E-state index < -0.39 is 0 Å². The summed E-state index contributed by atoms with van der Waals surface area (Å²) in [5.41, 5.74) is 0. The zero-order valence-electron chi connectivity index (χ0n) is 4.59. The normalized spacial score (nSPS) is 45.0. The number of nitrogens with one attached hydrogen (secondary N) is 1. The first-order valence-corrected chi connectivity index (χ1v) is 2.91. The molecule has 0 aliphatic carbocycles. The Morgan fingerprint density at radius 1 is 1.12 bits per heavy atom. The Hall–Kier alpha value is -0.120. The summed E-state index contributed by atoms with van der Waals surface area (Å²) in [6, 6.07) is 0. The fraction of sp³-hybridized carbons (Fsp3) is 1.00. The molecule has 0 aromatic carbocycles. The minimum absolute atomic E-state index is 0.343. The molecule has 0 radical (unpaired) electrons. The molecular formula is C5H9NO2. The van der Waals surface area contributed by atoms with Crippen LogP contribution in [0.4, 0.5) is 0 Å². The van der Waals surface area contributed by atoms with E-state index >= 15 is 0 Å². The van der Waals surface area contributed by atoms with Crippen LogP contribution in [0.15, 0.2) is 0 Å². The van der Waals surface area contributed by atoms with Crippen LogP contribution in [0, 0.1) is 0 Å². The van der Waals surface area contributed by atoms with Gasteiger partial charge in [-0.2, -0.15) is 0 Å². The molecule has 0 aromatic rings. The molecule has 2 heterocycles. The van der Waals surface area contributed by atoms with E-state index in [1.165, 1.54) is 0 Å². The smallest absolute Gasteiger partial charge is 0.147 e. The molecule has 2 rings (SSSR count). The van der Waals surface area contributed by atoms with Crippen molar-refractivity contribution < 1.29 is 9.47 Å². The molecule has 8 heavy (non-hydrogen) atoms. The van der Waals surface area contributed by atoms with E-state index in [-0.39, 0.29) is 0 Å². The van der Waals surface area contributed by atoms with Gasteiger partial charge in [0.25, 0.3) is 0 Å². The number of hydrogen-bond donors (Lipinski definition) is 1. The van der Waals surface area contributed by atoms with E-state index in [1.807, 2.05) is 0 Å². The minimum Gasteiger partial charge on any atom is -0.348 e. The topological polar surface area (TPSA) is 30.5 Å². The van der Waals surface area contributed by atoms with E-state index in [1.54, 1.807) is 0 Å². The van der Waals surface area contributed by atoms with Crippen molar-refractivity contribution in [3.63, 3.8) is 0 Å². The lowest BCUT2D eigenvalue weighted by Gasteiger charge is -2.00. The molecule has 2 atom stereocenters. The zero-order valence-corrected chi connectivity index (χ0v) is 4.59. The van der Waals surface area contributed by atoms with Gasteiger partial charge >= 0.3 is 0 Å².